The van der Waals surface area contributed by atoms with Gasteiger partial charge in [0.2, 0.25) is 0 Å². The van der Waals surface area contributed by atoms with Gasteiger partial charge in [0.25, 0.3) is 0 Å². The van der Waals surface area contributed by atoms with E-state index in [4.69, 9.17) is 0 Å². The Morgan fingerprint density at radius 3 is 1.00 bits per heavy atom. The fraction of sp³-hybridized carbons (Fsp3) is 1.00. The molecule has 0 aromatic rings. The molecule has 5 heavy (non-hydrogen) atoms. The van der Waals surface area contributed by atoms with Crippen LogP contribution in [0, 0.1) is 0 Å². The summed E-state index contributed by atoms with van der Waals surface area (Å²) in [6, 6.07) is 0. The Morgan fingerprint density at radius 2 is 1.00 bits per heavy atom. The van der Waals surface area contributed by atoms with E-state index in [0.29, 0.717) is 0 Å². The van der Waals surface area contributed by atoms with Crippen molar-refractivity contribution >= 4 is 0 Å². The minimum Gasteiger partial charge on any atom is -0.174 e. The van der Waals surface area contributed by atoms with Gasteiger partial charge in [-0.3, -0.25) is 0 Å². The van der Waals surface area contributed by atoms with Crippen LogP contribution in [0.25, 0.3) is 0 Å². The second kappa shape index (κ2) is 4.53. The van der Waals surface area contributed by atoms with E-state index < -0.39 is 6.68 Å². The maximum absolute atomic E-state index is 9.67. The molecule has 0 unspecified atom stereocenters. The maximum atomic E-state index is 9.67. The van der Waals surface area contributed by atoms with Crippen molar-refractivity contribution < 1.29 is 35.6 Å². The van der Waals surface area contributed by atoms with Crippen LogP contribution in [0.4, 0.5) is 13.2 Å². The average molecular weight is 178 g/mol. The van der Waals surface area contributed by atoms with Crippen molar-refractivity contribution in [2.24, 2.45) is 0 Å². The molecule has 4 heteroatoms. The Morgan fingerprint density at radius 1 is 1.00 bits per heavy atom. The number of rotatable bonds is 0. The molecule has 0 nitrogen and oxygen atoms in total. The molecule has 0 aromatic carbocycles. The van der Waals surface area contributed by atoms with E-state index in [0.717, 1.165) is 0 Å². The van der Waals surface area contributed by atoms with E-state index in [1.165, 1.54) is 0 Å². The zero-order valence-corrected chi connectivity index (χ0v) is 3.50. The van der Waals surface area contributed by atoms with Gasteiger partial charge < -0.3 is 0 Å². The molecule has 0 N–H and O–H groups in total. The number of hydrogen-bond donors (Lipinski definition) is 0. The number of hydrogen-bond acceptors (Lipinski definition) is 0. The third kappa shape index (κ3) is 103. The van der Waals surface area contributed by atoms with Crippen molar-refractivity contribution in [1.82, 2.24) is 0 Å². The molecular weight excluding hydrogens is 177 g/mol. The van der Waals surface area contributed by atoms with Crippen LogP contribution in [0.15, 0.2) is 0 Å². The van der Waals surface area contributed by atoms with E-state index in [1.54, 1.807) is 0 Å². The first kappa shape index (κ1) is 9.11. The summed E-state index contributed by atoms with van der Waals surface area (Å²) in [5.41, 5.74) is 0. The van der Waals surface area contributed by atoms with E-state index in [-0.39, 0.29) is 22.4 Å². The average Bonchev–Trinajstić information content (AvgIpc) is 0.811. The van der Waals surface area contributed by atoms with Crippen LogP contribution in [0.2, 0.25) is 0 Å². The zero-order chi connectivity index (χ0) is 3.58. The first-order valence-corrected chi connectivity index (χ1v) is 0.655. The Bertz CT molecular complexity index is 11.6. The zero-order valence-electron chi connectivity index (χ0n) is 2.01. The standard InChI is InChI=1S/CHF3.Ag/c2-1(3)4;/h1H;/q;+1. The van der Waals surface area contributed by atoms with Crippen LogP contribution in [0.3, 0.4) is 0 Å². The minimum absolute atomic E-state index is 0. The first-order valence-electron chi connectivity index (χ1n) is 0.655. The van der Waals surface area contributed by atoms with Gasteiger partial charge in [-0.05, 0) is 0 Å². The van der Waals surface area contributed by atoms with Gasteiger partial charge in [-0.2, -0.15) is 13.2 Å². The minimum atomic E-state index is -3.67. The van der Waals surface area contributed by atoms with Crippen molar-refractivity contribution in [1.29, 1.82) is 0 Å². The van der Waals surface area contributed by atoms with E-state index >= 15 is 0 Å². The Labute approximate surface area is 42.9 Å². The van der Waals surface area contributed by atoms with Gasteiger partial charge in [0, 0.05) is 0 Å². The second-order valence-corrected chi connectivity index (χ2v) is 0.247. The molecule has 0 aliphatic heterocycles. The molecule has 0 heterocycles. The van der Waals surface area contributed by atoms with Gasteiger partial charge in [0.05, 0.1) is 0 Å². The van der Waals surface area contributed by atoms with Crippen molar-refractivity contribution in [3.8, 4) is 0 Å². The summed E-state index contributed by atoms with van der Waals surface area (Å²) in [6.07, 6.45) is 0. The van der Waals surface area contributed by atoms with Gasteiger partial charge in [-0.15, -0.1) is 0 Å². The summed E-state index contributed by atoms with van der Waals surface area (Å²) in [6.45, 7) is -3.67. The largest absolute Gasteiger partial charge is 1.00 e. The summed E-state index contributed by atoms with van der Waals surface area (Å²) < 4.78 is 29.0. The molecule has 0 aliphatic rings. The molecule has 0 fully saturated rings. The molecule has 0 bridgehead atoms. The molecule has 36 valence electrons. The molecule has 0 aliphatic carbocycles. The molecule has 0 aromatic heterocycles. The van der Waals surface area contributed by atoms with Crippen LogP contribution in [0.1, 0.15) is 0 Å². The third-order valence-electron chi connectivity index (χ3n) is 0. The second-order valence-electron chi connectivity index (χ2n) is 0.247. The van der Waals surface area contributed by atoms with Gasteiger partial charge in [-0.1, -0.05) is 0 Å². The van der Waals surface area contributed by atoms with Gasteiger partial charge >= 0.3 is 29.1 Å². The third-order valence-corrected chi connectivity index (χ3v) is 0. The summed E-state index contributed by atoms with van der Waals surface area (Å²) in [4.78, 5) is 0. The van der Waals surface area contributed by atoms with Gasteiger partial charge in [0.15, 0.2) is 0 Å². The Hall–Kier alpha value is 0.530. The van der Waals surface area contributed by atoms with E-state index in [2.05, 4.69) is 0 Å². The molecule has 0 saturated heterocycles. The van der Waals surface area contributed by atoms with Crippen molar-refractivity contribution in [3.05, 3.63) is 0 Å². The van der Waals surface area contributed by atoms with Crippen molar-refractivity contribution in [2.45, 2.75) is 6.68 Å². The molecule has 0 saturated carbocycles. The molecule has 0 rings (SSSR count). The summed E-state index contributed by atoms with van der Waals surface area (Å²) in [7, 11) is 0. The van der Waals surface area contributed by atoms with Crippen LogP contribution in [0.5, 0.6) is 0 Å². The number of alkyl halides is 3. The van der Waals surface area contributed by atoms with Crippen LogP contribution < -0.4 is 0 Å². The SMILES string of the molecule is FC(F)F.[Ag+]. The summed E-state index contributed by atoms with van der Waals surface area (Å²) in [5.74, 6) is 0. The predicted octanol–water partition coefficient (Wildman–Crippen LogP) is 1.18. The van der Waals surface area contributed by atoms with Crippen LogP contribution in [-0.4, -0.2) is 6.68 Å². The maximum Gasteiger partial charge on any atom is 1.00 e. The fourth-order valence-corrected chi connectivity index (χ4v) is 0. The van der Waals surface area contributed by atoms with Crippen LogP contribution >= 0.6 is 0 Å². The number of halogens is 3. The van der Waals surface area contributed by atoms with Crippen molar-refractivity contribution in [3.63, 3.8) is 0 Å². The summed E-state index contributed by atoms with van der Waals surface area (Å²) in [5, 5.41) is 0. The Balaban J connectivity index is 0. The monoisotopic (exact) mass is 177 g/mol. The molecule has 0 spiro atoms. The van der Waals surface area contributed by atoms with E-state index in [9.17, 15) is 13.2 Å². The summed E-state index contributed by atoms with van der Waals surface area (Å²) >= 11 is 0. The normalized spacial score (nSPS) is 7.20. The van der Waals surface area contributed by atoms with E-state index in [1.807, 2.05) is 0 Å². The topological polar surface area (TPSA) is 0 Å². The van der Waals surface area contributed by atoms with Gasteiger partial charge in [-0.25, -0.2) is 0 Å². The fourth-order valence-electron chi connectivity index (χ4n) is 0. The molecule has 0 atom stereocenters. The van der Waals surface area contributed by atoms with Gasteiger partial charge in [0.1, 0.15) is 0 Å². The quantitative estimate of drug-likeness (QED) is 0.488. The molecule has 0 radical (unpaired) electrons. The predicted molar refractivity (Wildman–Crippen MR) is 7.11 cm³/mol. The first-order chi connectivity index (χ1) is 1.73. The van der Waals surface area contributed by atoms with Crippen LogP contribution in [-0.2, 0) is 22.4 Å². The Kier molecular flexibility index (Phi) is 8.25. The van der Waals surface area contributed by atoms with Crippen molar-refractivity contribution in [2.75, 3.05) is 0 Å². The molecule has 0 amide bonds. The smallest absolute Gasteiger partial charge is 0.174 e. The molecular formula is CHAgF3+.